The largest absolute Gasteiger partial charge is 0.326 e. The van der Waals surface area contributed by atoms with E-state index in [1.807, 2.05) is 12.5 Å². The lowest BCUT2D eigenvalue weighted by atomic mass is 10.0. The van der Waals surface area contributed by atoms with Gasteiger partial charge < -0.3 is 4.57 Å². The second kappa shape index (κ2) is 5.22. The van der Waals surface area contributed by atoms with Crippen molar-refractivity contribution in [2.45, 2.75) is 52.5 Å². The maximum Gasteiger partial charge on any atom is 0.0957 e. The first-order valence-electron chi connectivity index (χ1n) is 6.49. The first kappa shape index (κ1) is 13.3. The van der Waals surface area contributed by atoms with Crippen LogP contribution in [0.1, 0.15) is 68.8 Å². The van der Waals surface area contributed by atoms with Crippen LogP contribution in [0, 0.1) is 0 Å². The van der Waals surface area contributed by atoms with Gasteiger partial charge in [-0.1, -0.05) is 27.7 Å². The predicted molar refractivity (Wildman–Crippen MR) is 76.3 cm³/mol. The van der Waals surface area contributed by atoms with Crippen molar-refractivity contribution in [3.05, 3.63) is 34.9 Å². The monoisotopic (exact) mass is 263 g/mol. The van der Waals surface area contributed by atoms with E-state index in [9.17, 15) is 0 Å². The highest BCUT2D eigenvalue weighted by Crippen LogP contribution is 2.30. The summed E-state index contributed by atoms with van der Waals surface area (Å²) in [5, 5.41) is 0. The second-order valence-electron chi connectivity index (χ2n) is 5.32. The first-order valence-corrected chi connectivity index (χ1v) is 7.26. The fourth-order valence-corrected chi connectivity index (χ4v) is 2.94. The SMILES string of the molecule is CC(C)c1ncn(C(C)c2ccns2)c1C(C)C. The van der Waals surface area contributed by atoms with Crippen molar-refractivity contribution < 1.29 is 0 Å². The molecule has 3 nitrogen and oxygen atoms in total. The zero-order valence-electron chi connectivity index (χ0n) is 11.7. The van der Waals surface area contributed by atoms with Crippen LogP contribution in [0.15, 0.2) is 18.6 Å². The van der Waals surface area contributed by atoms with E-state index in [1.54, 1.807) is 11.5 Å². The molecule has 2 aromatic heterocycles. The van der Waals surface area contributed by atoms with Crippen LogP contribution in [0.5, 0.6) is 0 Å². The van der Waals surface area contributed by atoms with Gasteiger partial charge in [0, 0.05) is 16.8 Å². The molecule has 0 bridgehead atoms. The van der Waals surface area contributed by atoms with E-state index in [4.69, 9.17) is 0 Å². The Labute approximate surface area is 113 Å². The van der Waals surface area contributed by atoms with Crippen LogP contribution in [-0.4, -0.2) is 13.9 Å². The van der Waals surface area contributed by atoms with E-state index in [1.165, 1.54) is 16.3 Å². The minimum absolute atomic E-state index is 0.315. The molecule has 0 N–H and O–H groups in total. The molecule has 2 rings (SSSR count). The molecular formula is C14H21N3S. The Morgan fingerprint density at radius 3 is 2.33 bits per heavy atom. The van der Waals surface area contributed by atoms with Crippen LogP contribution in [0.4, 0.5) is 0 Å². The van der Waals surface area contributed by atoms with Gasteiger partial charge in [-0.05, 0) is 36.4 Å². The normalized spacial score (nSPS) is 13.5. The minimum Gasteiger partial charge on any atom is -0.326 e. The summed E-state index contributed by atoms with van der Waals surface area (Å²) in [6, 6.07) is 2.41. The maximum atomic E-state index is 4.62. The molecule has 1 atom stereocenters. The Bertz CT molecular complexity index is 497. The van der Waals surface area contributed by atoms with Gasteiger partial charge in [0.15, 0.2) is 0 Å². The molecule has 0 saturated carbocycles. The smallest absolute Gasteiger partial charge is 0.0957 e. The fourth-order valence-electron chi connectivity index (χ4n) is 2.31. The van der Waals surface area contributed by atoms with E-state index in [-0.39, 0.29) is 0 Å². The zero-order valence-corrected chi connectivity index (χ0v) is 12.5. The topological polar surface area (TPSA) is 30.7 Å². The third kappa shape index (κ3) is 2.34. The average molecular weight is 263 g/mol. The van der Waals surface area contributed by atoms with Crippen molar-refractivity contribution in [3.8, 4) is 0 Å². The molecule has 0 fully saturated rings. The summed E-state index contributed by atoms with van der Waals surface area (Å²) in [5.41, 5.74) is 2.58. The quantitative estimate of drug-likeness (QED) is 0.828. The molecule has 0 saturated heterocycles. The third-order valence-electron chi connectivity index (χ3n) is 3.24. The molecule has 0 radical (unpaired) electrons. The minimum atomic E-state index is 0.315. The Morgan fingerprint density at radius 1 is 1.11 bits per heavy atom. The van der Waals surface area contributed by atoms with Gasteiger partial charge in [0.1, 0.15) is 0 Å². The Kier molecular flexibility index (Phi) is 3.85. The molecular weight excluding hydrogens is 242 g/mol. The molecule has 0 aliphatic carbocycles. The lowest BCUT2D eigenvalue weighted by Gasteiger charge is -2.19. The van der Waals surface area contributed by atoms with Crippen molar-refractivity contribution in [3.63, 3.8) is 0 Å². The van der Waals surface area contributed by atoms with Crippen LogP contribution in [0.3, 0.4) is 0 Å². The first-order chi connectivity index (χ1) is 8.52. The third-order valence-corrected chi connectivity index (χ3v) is 4.16. The Balaban J connectivity index is 2.45. The number of imidazole rings is 1. The summed E-state index contributed by atoms with van der Waals surface area (Å²) in [6.07, 6.45) is 3.85. The van der Waals surface area contributed by atoms with E-state index in [0.717, 1.165) is 0 Å². The molecule has 0 aliphatic heterocycles. The lowest BCUT2D eigenvalue weighted by Crippen LogP contribution is -2.11. The van der Waals surface area contributed by atoms with Gasteiger partial charge in [-0.15, -0.1) is 0 Å². The van der Waals surface area contributed by atoms with Crippen molar-refractivity contribution in [1.29, 1.82) is 0 Å². The van der Waals surface area contributed by atoms with Gasteiger partial charge in [-0.3, -0.25) is 0 Å². The summed E-state index contributed by atoms with van der Waals surface area (Å²) >= 11 is 1.57. The summed E-state index contributed by atoms with van der Waals surface area (Å²) in [7, 11) is 0. The molecule has 4 heteroatoms. The highest BCUT2D eigenvalue weighted by atomic mass is 32.1. The maximum absolute atomic E-state index is 4.62. The lowest BCUT2D eigenvalue weighted by molar-refractivity contribution is 0.590. The molecule has 0 aromatic carbocycles. The molecule has 1 unspecified atom stereocenters. The molecule has 2 heterocycles. The highest BCUT2D eigenvalue weighted by Gasteiger charge is 2.21. The van der Waals surface area contributed by atoms with Gasteiger partial charge in [0.25, 0.3) is 0 Å². The standard InChI is InChI=1S/C14H21N3S/c1-9(2)13-14(10(3)4)17(8-15-13)11(5)12-6-7-16-18-12/h6-11H,1-5H3. The van der Waals surface area contributed by atoms with Gasteiger partial charge in [-0.25, -0.2) is 9.36 Å². The van der Waals surface area contributed by atoms with Gasteiger partial charge in [0.2, 0.25) is 0 Å². The van der Waals surface area contributed by atoms with Crippen molar-refractivity contribution in [1.82, 2.24) is 13.9 Å². The van der Waals surface area contributed by atoms with Crippen LogP contribution < -0.4 is 0 Å². The summed E-state index contributed by atoms with van der Waals surface area (Å²) in [6.45, 7) is 11.1. The molecule has 98 valence electrons. The molecule has 18 heavy (non-hydrogen) atoms. The summed E-state index contributed by atoms with van der Waals surface area (Å²) in [5.74, 6) is 0.956. The number of nitrogens with zero attached hydrogens (tertiary/aromatic N) is 3. The molecule has 0 amide bonds. The predicted octanol–water partition coefficient (Wildman–Crippen LogP) is 4.20. The summed E-state index contributed by atoms with van der Waals surface area (Å²) in [4.78, 5) is 5.90. The van der Waals surface area contributed by atoms with Crippen LogP contribution in [-0.2, 0) is 0 Å². The molecule has 2 aromatic rings. The number of aromatic nitrogens is 3. The van der Waals surface area contributed by atoms with Gasteiger partial charge in [-0.2, -0.15) is 0 Å². The van der Waals surface area contributed by atoms with Crippen molar-refractivity contribution >= 4 is 11.5 Å². The summed E-state index contributed by atoms with van der Waals surface area (Å²) < 4.78 is 6.49. The fraction of sp³-hybridized carbons (Fsp3) is 0.571. The Hall–Kier alpha value is -1.16. The average Bonchev–Trinajstić information content (AvgIpc) is 2.97. The van der Waals surface area contributed by atoms with Crippen LogP contribution in [0.25, 0.3) is 0 Å². The van der Waals surface area contributed by atoms with Crippen LogP contribution in [0.2, 0.25) is 0 Å². The van der Waals surface area contributed by atoms with E-state index >= 15 is 0 Å². The van der Waals surface area contributed by atoms with Crippen molar-refractivity contribution in [2.24, 2.45) is 0 Å². The zero-order chi connectivity index (χ0) is 13.3. The van der Waals surface area contributed by atoms with Gasteiger partial charge >= 0.3 is 0 Å². The van der Waals surface area contributed by atoms with Crippen LogP contribution >= 0.6 is 11.5 Å². The molecule has 0 spiro atoms. The number of hydrogen-bond donors (Lipinski definition) is 0. The molecule has 0 aliphatic rings. The van der Waals surface area contributed by atoms with E-state index < -0.39 is 0 Å². The second-order valence-corrected chi connectivity index (χ2v) is 6.19. The highest BCUT2D eigenvalue weighted by molar-refractivity contribution is 7.05. The number of rotatable bonds is 4. The Morgan fingerprint density at radius 2 is 1.83 bits per heavy atom. The van der Waals surface area contributed by atoms with E-state index in [0.29, 0.717) is 17.9 Å². The van der Waals surface area contributed by atoms with Crippen molar-refractivity contribution in [2.75, 3.05) is 0 Å². The van der Waals surface area contributed by atoms with E-state index in [2.05, 4.69) is 54.6 Å². The number of hydrogen-bond acceptors (Lipinski definition) is 3. The van der Waals surface area contributed by atoms with Gasteiger partial charge in [0.05, 0.1) is 18.1 Å².